The fourth-order valence-corrected chi connectivity index (χ4v) is 5.55. The minimum atomic E-state index is -0.440. The van der Waals surface area contributed by atoms with Crippen LogP contribution in [0.2, 0.25) is 0 Å². The van der Waals surface area contributed by atoms with Crippen LogP contribution in [-0.4, -0.2) is 77.0 Å². The summed E-state index contributed by atoms with van der Waals surface area (Å²) in [5, 5.41) is 3.56. The molecule has 3 aliphatic heterocycles. The van der Waals surface area contributed by atoms with Crippen molar-refractivity contribution in [3.05, 3.63) is 47.9 Å². The van der Waals surface area contributed by atoms with E-state index in [1.165, 1.54) is 31.7 Å². The van der Waals surface area contributed by atoms with Gasteiger partial charge in [-0.25, -0.2) is 9.37 Å². The molecule has 1 atom stereocenters. The van der Waals surface area contributed by atoms with Gasteiger partial charge in [0.05, 0.1) is 5.56 Å². The smallest absolute Gasteiger partial charge is 0.256 e. The fourth-order valence-electron chi connectivity index (χ4n) is 5.55. The summed E-state index contributed by atoms with van der Waals surface area (Å²) < 4.78 is 14.0. The molecule has 5 rings (SSSR count). The average Bonchev–Trinajstić information content (AvgIpc) is 3.16. The number of likely N-dealkylation sites (tertiary alicyclic amines) is 2. The van der Waals surface area contributed by atoms with E-state index in [1.54, 1.807) is 23.1 Å². The molecule has 1 unspecified atom stereocenters. The lowest BCUT2D eigenvalue weighted by atomic mass is 10.0. The highest BCUT2D eigenvalue weighted by Gasteiger charge is 2.32. The number of piperidine rings is 1. The Morgan fingerprint density at radius 2 is 1.71 bits per heavy atom. The highest BCUT2D eigenvalue weighted by molar-refractivity contribution is 5.94. The first-order valence-electron chi connectivity index (χ1n) is 12.8. The van der Waals surface area contributed by atoms with Crippen molar-refractivity contribution in [1.82, 2.24) is 19.8 Å². The van der Waals surface area contributed by atoms with Gasteiger partial charge < -0.3 is 15.1 Å². The van der Waals surface area contributed by atoms with E-state index in [4.69, 9.17) is 4.98 Å². The van der Waals surface area contributed by atoms with Crippen molar-refractivity contribution in [2.24, 2.45) is 0 Å². The maximum Gasteiger partial charge on any atom is 0.256 e. The molecule has 0 bridgehead atoms. The SMILES string of the molecule is O=C(c1ccccc1F)N1CCC(N2CCC(Nc3nccc(N4CCCCCC4)n3)C2)CC1. The number of carbonyl (C=O) groups excluding carboxylic acids is 1. The summed E-state index contributed by atoms with van der Waals surface area (Å²) in [7, 11) is 0. The van der Waals surface area contributed by atoms with Crippen LogP contribution >= 0.6 is 0 Å². The molecular formula is C26H35FN6O. The van der Waals surface area contributed by atoms with Crippen LogP contribution in [0.4, 0.5) is 16.2 Å². The topological polar surface area (TPSA) is 64.6 Å². The van der Waals surface area contributed by atoms with Crippen molar-refractivity contribution in [2.75, 3.05) is 49.5 Å². The number of benzene rings is 1. The fraction of sp³-hybridized carbons (Fsp3) is 0.577. The lowest BCUT2D eigenvalue weighted by molar-refractivity contribution is 0.0639. The van der Waals surface area contributed by atoms with Crippen LogP contribution in [0, 0.1) is 5.82 Å². The normalized spacial score (nSPS) is 22.6. The van der Waals surface area contributed by atoms with Crippen LogP contribution in [0.5, 0.6) is 0 Å². The van der Waals surface area contributed by atoms with Crippen LogP contribution in [-0.2, 0) is 0 Å². The molecule has 3 saturated heterocycles. The maximum atomic E-state index is 14.0. The van der Waals surface area contributed by atoms with Gasteiger partial charge in [0.25, 0.3) is 5.91 Å². The first-order valence-corrected chi connectivity index (χ1v) is 12.8. The molecule has 8 heteroatoms. The quantitative estimate of drug-likeness (QED) is 0.724. The van der Waals surface area contributed by atoms with Gasteiger partial charge in [0.1, 0.15) is 11.6 Å². The molecule has 0 radical (unpaired) electrons. The molecule has 1 amide bonds. The third-order valence-electron chi connectivity index (χ3n) is 7.50. The van der Waals surface area contributed by atoms with E-state index in [9.17, 15) is 9.18 Å². The number of anilines is 2. The molecule has 7 nitrogen and oxygen atoms in total. The molecule has 4 heterocycles. The predicted molar refractivity (Wildman–Crippen MR) is 132 cm³/mol. The van der Waals surface area contributed by atoms with Crippen molar-refractivity contribution in [1.29, 1.82) is 0 Å². The summed E-state index contributed by atoms with van der Waals surface area (Å²) in [5.41, 5.74) is 0.175. The second-order valence-electron chi connectivity index (χ2n) is 9.77. The maximum absolute atomic E-state index is 14.0. The molecule has 0 saturated carbocycles. The van der Waals surface area contributed by atoms with Crippen molar-refractivity contribution < 1.29 is 9.18 Å². The minimum absolute atomic E-state index is 0.175. The van der Waals surface area contributed by atoms with Gasteiger partial charge in [-0.1, -0.05) is 25.0 Å². The zero-order valence-corrected chi connectivity index (χ0v) is 19.8. The summed E-state index contributed by atoms with van der Waals surface area (Å²) in [6.07, 6.45) is 9.85. The molecule has 0 aliphatic carbocycles. The summed E-state index contributed by atoms with van der Waals surface area (Å²) >= 11 is 0. The Kier molecular flexibility index (Phi) is 7.23. The van der Waals surface area contributed by atoms with E-state index in [2.05, 4.69) is 20.1 Å². The Bertz CT molecular complexity index is 971. The lowest BCUT2D eigenvalue weighted by Crippen LogP contribution is -2.46. The number of carbonyl (C=O) groups is 1. The number of nitrogens with one attached hydrogen (secondary N) is 1. The summed E-state index contributed by atoms with van der Waals surface area (Å²) in [6.45, 7) is 5.50. The van der Waals surface area contributed by atoms with Gasteiger partial charge in [-0.3, -0.25) is 9.69 Å². The molecular weight excluding hydrogens is 431 g/mol. The van der Waals surface area contributed by atoms with Gasteiger partial charge in [-0.2, -0.15) is 4.98 Å². The number of rotatable bonds is 5. The third-order valence-corrected chi connectivity index (χ3v) is 7.50. The summed E-state index contributed by atoms with van der Waals surface area (Å²) in [6, 6.07) is 9.07. The molecule has 1 aromatic heterocycles. The number of halogens is 1. The number of aromatic nitrogens is 2. The Morgan fingerprint density at radius 3 is 2.47 bits per heavy atom. The molecule has 182 valence electrons. The van der Waals surface area contributed by atoms with Crippen molar-refractivity contribution in [3.8, 4) is 0 Å². The first-order chi connectivity index (χ1) is 16.7. The van der Waals surface area contributed by atoms with Gasteiger partial charge in [0.2, 0.25) is 5.95 Å². The van der Waals surface area contributed by atoms with Gasteiger partial charge in [0, 0.05) is 57.5 Å². The Morgan fingerprint density at radius 1 is 0.941 bits per heavy atom. The predicted octanol–water partition coefficient (Wildman–Crippen LogP) is 3.79. The molecule has 3 fully saturated rings. The van der Waals surface area contributed by atoms with Crippen LogP contribution in [0.1, 0.15) is 55.3 Å². The monoisotopic (exact) mass is 466 g/mol. The van der Waals surface area contributed by atoms with Gasteiger partial charge >= 0.3 is 0 Å². The first kappa shape index (κ1) is 23.0. The van der Waals surface area contributed by atoms with Crippen LogP contribution in [0.3, 0.4) is 0 Å². The Balaban J connectivity index is 1.12. The zero-order valence-electron chi connectivity index (χ0n) is 19.8. The Labute approximate surface area is 201 Å². The van der Waals surface area contributed by atoms with E-state index in [-0.39, 0.29) is 11.5 Å². The minimum Gasteiger partial charge on any atom is -0.356 e. The molecule has 1 N–H and O–H groups in total. The van der Waals surface area contributed by atoms with E-state index in [1.807, 2.05) is 12.3 Å². The van der Waals surface area contributed by atoms with Gasteiger partial charge in [-0.05, 0) is 50.3 Å². The molecule has 0 spiro atoms. The van der Waals surface area contributed by atoms with Crippen LogP contribution in [0.15, 0.2) is 36.5 Å². The Hall–Kier alpha value is -2.74. The van der Waals surface area contributed by atoms with Crippen LogP contribution in [0.25, 0.3) is 0 Å². The van der Waals surface area contributed by atoms with Crippen molar-refractivity contribution in [3.63, 3.8) is 0 Å². The zero-order chi connectivity index (χ0) is 23.3. The number of hydrogen-bond donors (Lipinski definition) is 1. The highest BCUT2D eigenvalue weighted by atomic mass is 19.1. The van der Waals surface area contributed by atoms with Gasteiger partial charge in [-0.15, -0.1) is 0 Å². The van der Waals surface area contributed by atoms with Gasteiger partial charge in [0.15, 0.2) is 0 Å². The molecule has 2 aromatic rings. The standard InChI is InChI=1S/C26H35FN6O/c27-23-8-4-3-7-22(23)25(34)32-17-11-21(12-18-32)33-16-10-20(19-33)29-26-28-13-9-24(30-26)31-14-5-1-2-6-15-31/h3-4,7-9,13,20-21H,1-2,5-6,10-12,14-19H2,(H,28,29,30). The van der Waals surface area contributed by atoms with Crippen LogP contribution < -0.4 is 10.2 Å². The third kappa shape index (κ3) is 5.32. The van der Waals surface area contributed by atoms with E-state index < -0.39 is 5.82 Å². The van der Waals surface area contributed by atoms with Crippen molar-refractivity contribution >= 4 is 17.7 Å². The molecule has 1 aromatic carbocycles. The van der Waals surface area contributed by atoms with E-state index in [0.717, 1.165) is 57.2 Å². The van der Waals surface area contributed by atoms with Crippen molar-refractivity contribution in [2.45, 2.75) is 57.0 Å². The van der Waals surface area contributed by atoms with E-state index in [0.29, 0.717) is 25.2 Å². The number of hydrogen-bond acceptors (Lipinski definition) is 6. The number of amides is 1. The summed E-state index contributed by atoms with van der Waals surface area (Å²) in [5.74, 6) is 1.12. The molecule has 3 aliphatic rings. The summed E-state index contributed by atoms with van der Waals surface area (Å²) in [4.78, 5) is 28.7. The average molecular weight is 467 g/mol. The highest BCUT2D eigenvalue weighted by Crippen LogP contribution is 2.25. The lowest BCUT2D eigenvalue weighted by Gasteiger charge is -2.36. The number of nitrogens with zero attached hydrogens (tertiary/aromatic N) is 5. The second-order valence-corrected chi connectivity index (χ2v) is 9.77. The van der Waals surface area contributed by atoms with E-state index >= 15 is 0 Å². The largest absolute Gasteiger partial charge is 0.356 e. The molecule has 34 heavy (non-hydrogen) atoms. The second kappa shape index (κ2) is 10.7.